The maximum absolute atomic E-state index is 12.7. The molecule has 1 aliphatic heterocycles. The van der Waals surface area contributed by atoms with E-state index in [-0.39, 0.29) is 12.1 Å². The molecule has 0 aromatic heterocycles. The third-order valence-corrected chi connectivity index (χ3v) is 7.90. The van der Waals surface area contributed by atoms with Gasteiger partial charge in [0.15, 0.2) is 6.10 Å². The summed E-state index contributed by atoms with van der Waals surface area (Å²) in [5.74, 6) is 0.445. The second kappa shape index (κ2) is 18.0. The molecule has 44 heavy (non-hydrogen) atoms. The van der Waals surface area contributed by atoms with Crippen LogP contribution in [0, 0.1) is 0 Å². The number of oxime groups is 1. The standard InChI is InChI=1S/C36H40BrNO6/c1-2-35(39)42-25-11-9-7-5-3-4-6-8-10-24-41-31-20-16-29(17-21-31)36(40)43-32-22-14-27(15-23-32)33-26-34(44-38-33)28-12-18-30(37)19-13-28/h2,12-23,34H,1,3-11,24-26H2. The van der Waals surface area contributed by atoms with E-state index in [9.17, 15) is 9.59 Å². The molecule has 1 heterocycles. The van der Waals surface area contributed by atoms with Gasteiger partial charge >= 0.3 is 11.9 Å². The van der Waals surface area contributed by atoms with Gasteiger partial charge in [0.2, 0.25) is 0 Å². The lowest BCUT2D eigenvalue weighted by Crippen LogP contribution is -2.09. The third-order valence-electron chi connectivity index (χ3n) is 7.37. The number of unbranched alkanes of at least 4 members (excludes halogenated alkanes) is 8. The number of rotatable bonds is 18. The van der Waals surface area contributed by atoms with Crippen LogP contribution in [-0.2, 0) is 14.4 Å². The lowest BCUT2D eigenvalue weighted by molar-refractivity contribution is -0.137. The van der Waals surface area contributed by atoms with Gasteiger partial charge in [-0.25, -0.2) is 9.59 Å². The van der Waals surface area contributed by atoms with Crippen LogP contribution in [0.4, 0.5) is 0 Å². The molecule has 8 heteroatoms. The summed E-state index contributed by atoms with van der Waals surface area (Å²) in [5.41, 5.74) is 3.33. The van der Waals surface area contributed by atoms with E-state index in [1.807, 2.05) is 36.4 Å². The monoisotopic (exact) mass is 661 g/mol. The van der Waals surface area contributed by atoms with Gasteiger partial charge in [-0.1, -0.05) is 84.7 Å². The maximum Gasteiger partial charge on any atom is 0.343 e. The lowest BCUT2D eigenvalue weighted by Gasteiger charge is -2.09. The molecule has 7 nitrogen and oxygen atoms in total. The van der Waals surface area contributed by atoms with Crippen molar-refractivity contribution in [1.82, 2.24) is 0 Å². The minimum atomic E-state index is -0.419. The smallest absolute Gasteiger partial charge is 0.343 e. The van der Waals surface area contributed by atoms with E-state index >= 15 is 0 Å². The topological polar surface area (TPSA) is 83.4 Å². The zero-order chi connectivity index (χ0) is 31.0. The first-order valence-electron chi connectivity index (χ1n) is 15.3. The van der Waals surface area contributed by atoms with Crippen LogP contribution in [0.3, 0.4) is 0 Å². The number of nitrogens with zero attached hydrogens (tertiary/aromatic N) is 1. The number of carbonyl (C=O) groups excluding carboxylic acids is 2. The number of hydrogen-bond donors (Lipinski definition) is 0. The van der Waals surface area contributed by atoms with Gasteiger partial charge in [0, 0.05) is 17.0 Å². The van der Waals surface area contributed by atoms with Crippen molar-refractivity contribution in [3.63, 3.8) is 0 Å². The SMILES string of the molecule is C=CC(=O)OCCCCCCCCCCCOc1ccc(C(=O)Oc2ccc(C3=NOC(c4ccc(Br)cc4)C3)cc2)cc1. The van der Waals surface area contributed by atoms with Gasteiger partial charge in [-0.05, 0) is 84.6 Å². The molecule has 1 unspecified atom stereocenters. The summed E-state index contributed by atoms with van der Waals surface area (Å²) in [6.07, 6.45) is 11.9. The number of halogens is 1. The minimum Gasteiger partial charge on any atom is -0.494 e. The predicted octanol–water partition coefficient (Wildman–Crippen LogP) is 9.15. The van der Waals surface area contributed by atoms with Gasteiger partial charge in [-0.3, -0.25) is 0 Å². The minimum absolute atomic E-state index is 0.108. The molecule has 0 N–H and O–H groups in total. The average molecular weight is 663 g/mol. The Morgan fingerprint density at radius 3 is 2.02 bits per heavy atom. The Kier molecular flexibility index (Phi) is 13.5. The van der Waals surface area contributed by atoms with Gasteiger partial charge in [-0.2, -0.15) is 0 Å². The quantitative estimate of drug-likeness (QED) is 0.0585. The van der Waals surface area contributed by atoms with E-state index in [2.05, 4.69) is 27.7 Å². The number of ether oxygens (including phenoxy) is 3. The average Bonchev–Trinajstić information content (AvgIpc) is 3.54. The largest absolute Gasteiger partial charge is 0.494 e. The normalized spacial score (nSPS) is 13.9. The van der Waals surface area contributed by atoms with Crippen molar-refractivity contribution in [2.45, 2.75) is 70.3 Å². The summed E-state index contributed by atoms with van der Waals surface area (Å²) >= 11 is 3.45. The molecule has 3 aromatic carbocycles. The Morgan fingerprint density at radius 2 is 1.39 bits per heavy atom. The van der Waals surface area contributed by atoms with Gasteiger partial charge in [0.25, 0.3) is 0 Å². The number of hydrogen-bond acceptors (Lipinski definition) is 7. The van der Waals surface area contributed by atoms with Gasteiger partial charge in [0.05, 0.1) is 24.5 Å². The molecule has 0 saturated heterocycles. The second-order valence-electron chi connectivity index (χ2n) is 10.7. The van der Waals surface area contributed by atoms with Crippen molar-refractivity contribution in [1.29, 1.82) is 0 Å². The Labute approximate surface area is 268 Å². The van der Waals surface area contributed by atoms with Crippen LogP contribution in [0.5, 0.6) is 11.5 Å². The molecule has 0 bridgehead atoms. The molecule has 0 fully saturated rings. The molecular weight excluding hydrogens is 622 g/mol. The molecule has 4 rings (SSSR count). The van der Waals surface area contributed by atoms with Crippen LogP contribution in [0.25, 0.3) is 0 Å². The first kappa shape index (κ1) is 33.0. The zero-order valence-electron chi connectivity index (χ0n) is 25.0. The molecule has 232 valence electrons. The van der Waals surface area contributed by atoms with E-state index in [1.54, 1.807) is 36.4 Å². The highest BCUT2D eigenvalue weighted by molar-refractivity contribution is 9.10. The van der Waals surface area contributed by atoms with Gasteiger partial charge < -0.3 is 19.0 Å². The van der Waals surface area contributed by atoms with Crippen molar-refractivity contribution in [2.24, 2.45) is 5.16 Å². The highest BCUT2D eigenvalue weighted by atomic mass is 79.9. The molecule has 3 aromatic rings. The number of carbonyl (C=O) groups is 2. The lowest BCUT2D eigenvalue weighted by atomic mass is 10.0. The van der Waals surface area contributed by atoms with Crippen LogP contribution in [0.2, 0.25) is 0 Å². The molecule has 0 radical (unpaired) electrons. The summed E-state index contributed by atoms with van der Waals surface area (Å²) in [5, 5.41) is 4.27. The van der Waals surface area contributed by atoms with E-state index in [0.29, 0.717) is 30.9 Å². The van der Waals surface area contributed by atoms with Crippen LogP contribution >= 0.6 is 15.9 Å². The first-order valence-corrected chi connectivity index (χ1v) is 16.1. The van der Waals surface area contributed by atoms with Crippen molar-refractivity contribution in [2.75, 3.05) is 13.2 Å². The van der Waals surface area contributed by atoms with E-state index < -0.39 is 5.97 Å². The van der Waals surface area contributed by atoms with Crippen molar-refractivity contribution < 1.29 is 28.6 Å². The summed E-state index contributed by atoms with van der Waals surface area (Å²) in [4.78, 5) is 29.3. The Balaban J connectivity index is 1.07. The fraction of sp³-hybridized carbons (Fsp3) is 0.361. The number of benzene rings is 3. The van der Waals surface area contributed by atoms with Gasteiger partial charge in [-0.15, -0.1) is 0 Å². The molecule has 0 aliphatic carbocycles. The second-order valence-corrected chi connectivity index (χ2v) is 11.6. The van der Waals surface area contributed by atoms with E-state index in [0.717, 1.165) is 52.7 Å². The Bertz CT molecular complexity index is 1370. The number of esters is 2. The van der Waals surface area contributed by atoms with Crippen LogP contribution in [0.15, 0.2) is 95.1 Å². The third kappa shape index (κ3) is 11.0. The molecule has 0 spiro atoms. The molecule has 1 aliphatic rings. The van der Waals surface area contributed by atoms with Crippen molar-refractivity contribution in [3.8, 4) is 11.5 Å². The molecule has 1 atom stereocenters. The van der Waals surface area contributed by atoms with Crippen molar-refractivity contribution in [3.05, 3.63) is 107 Å². The molecule has 0 amide bonds. The zero-order valence-corrected chi connectivity index (χ0v) is 26.6. The van der Waals surface area contributed by atoms with Crippen LogP contribution in [-0.4, -0.2) is 30.9 Å². The van der Waals surface area contributed by atoms with Crippen LogP contribution in [0.1, 0.15) is 91.8 Å². The summed E-state index contributed by atoms with van der Waals surface area (Å²) in [6.45, 7) is 4.52. The summed E-state index contributed by atoms with van der Waals surface area (Å²) < 4.78 is 17.4. The first-order chi connectivity index (χ1) is 21.5. The summed E-state index contributed by atoms with van der Waals surface area (Å²) in [7, 11) is 0. The predicted molar refractivity (Wildman–Crippen MR) is 175 cm³/mol. The molecule has 0 saturated carbocycles. The van der Waals surface area contributed by atoms with Gasteiger partial charge in [0.1, 0.15) is 11.5 Å². The van der Waals surface area contributed by atoms with Crippen molar-refractivity contribution >= 4 is 33.6 Å². The Hall–Kier alpha value is -3.91. The Morgan fingerprint density at radius 1 is 0.795 bits per heavy atom. The fourth-order valence-corrected chi connectivity index (χ4v) is 5.10. The van der Waals surface area contributed by atoms with E-state index in [1.165, 1.54) is 38.2 Å². The summed E-state index contributed by atoms with van der Waals surface area (Å²) in [6, 6.07) is 22.4. The van der Waals surface area contributed by atoms with E-state index in [4.69, 9.17) is 19.0 Å². The fourth-order valence-electron chi connectivity index (χ4n) is 4.84. The maximum atomic E-state index is 12.7. The highest BCUT2D eigenvalue weighted by Crippen LogP contribution is 2.31. The molecular formula is C36H40BrNO6. The van der Waals surface area contributed by atoms with Crippen LogP contribution < -0.4 is 9.47 Å². The highest BCUT2D eigenvalue weighted by Gasteiger charge is 2.24.